The molecule has 3 rings (SSSR count). The molecule has 2 N–H and O–H groups in total. The number of hydrogen-bond donors (Lipinski definition) is 2. The Morgan fingerprint density at radius 3 is 1.61 bits per heavy atom. The van der Waals surface area contributed by atoms with E-state index in [2.05, 4.69) is 36.4 Å². The highest BCUT2D eigenvalue weighted by molar-refractivity contribution is 5.78. The first-order chi connectivity index (χ1) is 8.42. The van der Waals surface area contributed by atoms with Crippen molar-refractivity contribution >= 4 is 0 Å². The molecule has 1 aliphatic rings. The Hall–Kier alpha value is -1.64. The molecule has 0 saturated carbocycles. The van der Waals surface area contributed by atoms with Gasteiger partial charge in [0.25, 0.3) is 0 Å². The van der Waals surface area contributed by atoms with Crippen LogP contribution in [-0.4, -0.2) is 23.9 Å². The van der Waals surface area contributed by atoms with Crippen LogP contribution in [0.2, 0.25) is 0 Å². The lowest BCUT2D eigenvalue weighted by Gasteiger charge is -2.08. The van der Waals surface area contributed by atoms with Gasteiger partial charge in [-0.2, -0.15) is 0 Å². The van der Waals surface area contributed by atoms with Crippen LogP contribution in [-0.2, 0) is 0 Å². The van der Waals surface area contributed by atoms with Crippen molar-refractivity contribution in [3.8, 4) is 11.1 Å². The molecule has 18 heavy (non-hydrogen) atoms. The van der Waals surface area contributed by atoms with E-state index >= 15 is 0 Å². The van der Waals surface area contributed by atoms with Gasteiger partial charge < -0.3 is 10.2 Å². The first-order valence-corrected chi connectivity index (χ1v) is 5.65. The maximum absolute atomic E-state index is 9.46. The standard InChI is InChI=1S/C14H12O.CH4O.CH4/c15-9-14-12-7-3-1-5-10(12)11-6-2-4-8-13(11)14;1-2;/h1-8,14-15H,9H2;2H,1H3;1H4. The molecule has 2 heteroatoms. The van der Waals surface area contributed by atoms with Crippen molar-refractivity contribution in [3.63, 3.8) is 0 Å². The molecule has 2 nitrogen and oxygen atoms in total. The fraction of sp³-hybridized carbons (Fsp3) is 0.250. The third kappa shape index (κ3) is 2.17. The molecule has 2 aromatic rings. The second-order valence-corrected chi connectivity index (χ2v) is 3.91. The summed E-state index contributed by atoms with van der Waals surface area (Å²) in [6.45, 7) is 0.189. The molecule has 0 aromatic heterocycles. The second kappa shape index (κ2) is 6.34. The topological polar surface area (TPSA) is 40.5 Å². The van der Waals surface area contributed by atoms with Crippen molar-refractivity contribution in [3.05, 3.63) is 59.7 Å². The summed E-state index contributed by atoms with van der Waals surface area (Å²) in [4.78, 5) is 0. The molecule has 0 aliphatic heterocycles. The summed E-state index contributed by atoms with van der Waals surface area (Å²) in [7, 11) is 1.00. The zero-order valence-electron chi connectivity index (χ0n) is 9.80. The van der Waals surface area contributed by atoms with Gasteiger partial charge in [0.2, 0.25) is 0 Å². The van der Waals surface area contributed by atoms with Crippen LogP contribution in [0.15, 0.2) is 48.5 Å². The summed E-state index contributed by atoms with van der Waals surface area (Å²) in [6, 6.07) is 16.6. The number of aliphatic hydroxyl groups excluding tert-OH is 2. The molecule has 0 radical (unpaired) electrons. The molecule has 0 heterocycles. The van der Waals surface area contributed by atoms with Crippen LogP contribution < -0.4 is 0 Å². The monoisotopic (exact) mass is 244 g/mol. The lowest BCUT2D eigenvalue weighted by atomic mass is 9.98. The molecule has 0 bridgehead atoms. The minimum absolute atomic E-state index is 0. The number of hydrogen-bond acceptors (Lipinski definition) is 2. The third-order valence-corrected chi connectivity index (χ3v) is 3.15. The minimum atomic E-state index is 0. The van der Waals surface area contributed by atoms with Gasteiger partial charge in [-0.25, -0.2) is 0 Å². The highest BCUT2D eigenvalue weighted by Gasteiger charge is 2.26. The van der Waals surface area contributed by atoms with Gasteiger partial charge in [-0.15, -0.1) is 0 Å². The van der Waals surface area contributed by atoms with Gasteiger partial charge in [-0.3, -0.25) is 0 Å². The molecule has 2 aromatic carbocycles. The Balaban J connectivity index is 0.000000516. The zero-order chi connectivity index (χ0) is 12.3. The SMILES string of the molecule is C.CO.OCC1c2ccccc2-c2ccccc21. The van der Waals surface area contributed by atoms with Gasteiger partial charge in [0.15, 0.2) is 0 Å². The second-order valence-electron chi connectivity index (χ2n) is 3.91. The van der Waals surface area contributed by atoms with Crippen LogP contribution in [0.25, 0.3) is 11.1 Å². The molecule has 0 fully saturated rings. The van der Waals surface area contributed by atoms with Crippen LogP contribution in [0.5, 0.6) is 0 Å². The molecule has 0 saturated heterocycles. The number of fused-ring (bicyclic) bond motifs is 3. The number of rotatable bonds is 1. The highest BCUT2D eigenvalue weighted by atomic mass is 16.3. The molecule has 0 spiro atoms. The van der Waals surface area contributed by atoms with Gasteiger partial charge in [0.1, 0.15) is 0 Å². The van der Waals surface area contributed by atoms with Gasteiger partial charge in [-0.1, -0.05) is 56.0 Å². The van der Waals surface area contributed by atoms with E-state index in [-0.39, 0.29) is 20.0 Å². The lowest BCUT2D eigenvalue weighted by Crippen LogP contribution is -2.01. The third-order valence-electron chi connectivity index (χ3n) is 3.15. The minimum Gasteiger partial charge on any atom is -0.400 e. The highest BCUT2D eigenvalue weighted by Crippen LogP contribution is 2.43. The zero-order valence-corrected chi connectivity index (χ0v) is 9.80. The van der Waals surface area contributed by atoms with E-state index in [0.29, 0.717) is 0 Å². The Labute approximate surface area is 109 Å². The lowest BCUT2D eigenvalue weighted by molar-refractivity contribution is 0.282. The van der Waals surface area contributed by atoms with Crippen LogP contribution >= 0.6 is 0 Å². The molecular weight excluding hydrogens is 224 g/mol. The van der Waals surface area contributed by atoms with E-state index in [4.69, 9.17) is 5.11 Å². The number of aliphatic hydroxyl groups is 2. The Morgan fingerprint density at radius 2 is 1.22 bits per heavy atom. The maximum Gasteiger partial charge on any atom is 0.0540 e. The van der Waals surface area contributed by atoms with E-state index in [9.17, 15) is 5.11 Å². The molecule has 0 atom stereocenters. The van der Waals surface area contributed by atoms with Crippen molar-refractivity contribution in [2.24, 2.45) is 0 Å². The first kappa shape index (κ1) is 14.4. The van der Waals surface area contributed by atoms with Crippen molar-refractivity contribution < 1.29 is 10.2 Å². The summed E-state index contributed by atoms with van der Waals surface area (Å²) in [5.41, 5.74) is 5.04. The largest absolute Gasteiger partial charge is 0.400 e. The van der Waals surface area contributed by atoms with E-state index in [1.807, 2.05) is 12.1 Å². The van der Waals surface area contributed by atoms with Crippen molar-refractivity contribution in [1.29, 1.82) is 0 Å². The molecular formula is C16H20O2. The van der Waals surface area contributed by atoms with Gasteiger partial charge in [-0.05, 0) is 22.3 Å². The summed E-state index contributed by atoms with van der Waals surface area (Å²) in [5.74, 6) is 0.164. The summed E-state index contributed by atoms with van der Waals surface area (Å²) < 4.78 is 0. The predicted octanol–water partition coefficient (Wildman–Crippen LogP) is 3.04. The Kier molecular flexibility index (Phi) is 5.08. The molecule has 96 valence electrons. The normalized spacial score (nSPS) is 11.7. The Bertz CT molecular complexity index is 460. The van der Waals surface area contributed by atoms with Gasteiger partial charge >= 0.3 is 0 Å². The fourth-order valence-corrected chi connectivity index (χ4v) is 2.46. The van der Waals surface area contributed by atoms with Gasteiger partial charge in [0.05, 0.1) is 6.61 Å². The number of benzene rings is 2. The average molecular weight is 244 g/mol. The smallest absolute Gasteiger partial charge is 0.0540 e. The summed E-state index contributed by atoms with van der Waals surface area (Å²) in [5, 5.41) is 16.5. The molecule has 0 amide bonds. The van der Waals surface area contributed by atoms with Crippen LogP contribution in [0.3, 0.4) is 0 Å². The van der Waals surface area contributed by atoms with Crippen LogP contribution in [0, 0.1) is 0 Å². The average Bonchev–Trinajstić information content (AvgIpc) is 2.75. The van der Waals surface area contributed by atoms with Crippen molar-refractivity contribution in [1.82, 2.24) is 0 Å². The van der Waals surface area contributed by atoms with E-state index in [1.54, 1.807) is 0 Å². The first-order valence-electron chi connectivity index (χ1n) is 5.65. The van der Waals surface area contributed by atoms with Crippen LogP contribution in [0.4, 0.5) is 0 Å². The van der Waals surface area contributed by atoms with Crippen LogP contribution in [0.1, 0.15) is 24.5 Å². The summed E-state index contributed by atoms with van der Waals surface area (Å²) in [6.07, 6.45) is 0. The van der Waals surface area contributed by atoms with E-state index < -0.39 is 0 Å². The molecule has 1 aliphatic carbocycles. The van der Waals surface area contributed by atoms with E-state index in [1.165, 1.54) is 22.3 Å². The van der Waals surface area contributed by atoms with Gasteiger partial charge in [0, 0.05) is 13.0 Å². The quantitative estimate of drug-likeness (QED) is 0.809. The summed E-state index contributed by atoms with van der Waals surface area (Å²) >= 11 is 0. The van der Waals surface area contributed by atoms with Crippen molar-refractivity contribution in [2.45, 2.75) is 13.3 Å². The predicted molar refractivity (Wildman–Crippen MR) is 75.7 cm³/mol. The molecule has 0 unspecified atom stereocenters. The fourth-order valence-electron chi connectivity index (χ4n) is 2.46. The maximum atomic E-state index is 9.46. The Morgan fingerprint density at radius 1 is 0.833 bits per heavy atom. The van der Waals surface area contributed by atoms with E-state index in [0.717, 1.165) is 7.11 Å². The van der Waals surface area contributed by atoms with Crippen molar-refractivity contribution in [2.75, 3.05) is 13.7 Å².